The van der Waals surface area contributed by atoms with Gasteiger partial charge in [-0.05, 0) is 0 Å². The van der Waals surface area contributed by atoms with Crippen LogP contribution in [0.5, 0.6) is 0 Å². The standard InChI is InChI=1S/C6H13NO5.O5P2/c7-3-5(10)4(9)2(1-8)12-6(3)11;1-6(2)5-7(3)4/h2-6,8-11H,1,7H2;/p+2/t2-,3-,4-,5-,6?;/m1./s1. The van der Waals surface area contributed by atoms with Crippen LogP contribution < -0.4 is 5.73 Å². The van der Waals surface area contributed by atoms with E-state index in [1.165, 1.54) is 0 Å². The summed E-state index contributed by atoms with van der Waals surface area (Å²) in [4.78, 5) is 15.3. The van der Waals surface area contributed by atoms with Crippen molar-refractivity contribution in [3.63, 3.8) is 0 Å². The molecule has 0 amide bonds. The average Bonchev–Trinajstić information content (AvgIpc) is 2.30. The average molecular weight is 323 g/mol. The van der Waals surface area contributed by atoms with Gasteiger partial charge in [0.05, 0.1) is 12.6 Å². The molecule has 1 aliphatic heterocycles. The van der Waals surface area contributed by atoms with Crippen molar-refractivity contribution < 1.29 is 48.4 Å². The SMILES string of the molecule is N[C@H]1C(O)O[C@H](CO)[C@@H](O)[C@@H]1O.O=[P+](O)O[P+](=O)O. The van der Waals surface area contributed by atoms with E-state index in [-0.39, 0.29) is 0 Å². The molecule has 8 N–H and O–H groups in total. The van der Waals surface area contributed by atoms with Crippen LogP contribution in [-0.4, -0.2) is 67.5 Å². The lowest BCUT2D eigenvalue weighted by Crippen LogP contribution is -2.61. The Kier molecular flexibility index (Phi) is 8.83. The molecule has 1 fully saturated rings. The molecule has 11 nitrogen and oxygen atoms in total. The van der Waals surface area contributed by atoms with Crippen LogP contribution in [0.2, 0.25) is 0 Å². The van der Waals surface area contributed by atoms with Gasteiger partial charge < -0.3 is 30.9 Å². The number of hydrogen-bond acceptors (Lipinski definition) is 9. The van der Waals surface area contributed by atoms with Gasteiger partial charge in [-0.15, -0.1) is 9.79 Å². The van der Waals surface area contributed by atoms with E-state index >= 15 is 0 Å². The van der Waals surface area contributed by atoms with Gasteiger partial charge in [-0.1, -0.05) is 0 Å². The molecule has 0 saturated carbocycles. The fourth-order valence-electron chi connectivity index (χ4n) is 1.18. The Hall–Kier alpha value is -0.160. The molecule has 7 atom stereocenters. The summed E-state index contributed by atoms with van der Waals surface area (Å²) >= 11 is 0. The van der Waals surface area contributed by atoms with Gasteiger partial charge in [0.15, 0.2) is 10.6 Å². The topological polar surface area (TPSA) is 200 Å². The Morgan fingerprint density at radius 1 is 1.11 bits per heavy atom. The van der Waals surface area contributed by atoms with Crippen molar-refractivity contribution in [1.82, 2.24) is 0 Å². The summed E-state index contributed by atoms with van der Waals surface area (Å²) in [6, 6.07) is -1.04. The van der Waals surface area contributed by atoms with Gasteiger partial charge in [-0.3, -0.25) is 0 Å². The van der Waals surface area contributed by atoms with Crippen LogP contribution in [-0.2, 0) is 18.2 Å². The molecule has 1 saturated heterocycles. The Bertz CT molecular complexity index is 300. The molecular formula is C6H15NO10P2+2. The third-order valence-corrected chi connectivity index (χ3v) is 3.21. The number of ether oxygens (including phenoxy) is 1. The van der Waals surface area contributed by atoms with Crippen molar-refractivity contribution in [3.05, 3.63) is 0 Å². The van der Waals surface area contributed by atoms with Crippen molar-refractivity contribution in [3.8, 4) is 0 Å². The predicted molar refractivity (Wildman–Crippen MR) is 58.7 cm³/mol. The van der Waals surface area contributed by atoms with Crippen LogP contribution in [0, 0.1) is 0 Å². The lowest BCUT2D eigenvalue weighted by molar-refractivity contribution is -0.248. The van der Waals surface area contributed by atoms with Gasteiger partial charge in [0.2, 0.25) is 0 Å². The van der Waals surface area contributed by atoms with Crippen LogP contribution in [0.3, 0.4) is 0 Å². The number of aliphatic hydroxyl groups excluding tert-OH is 4. The molecule has 3 unspecified atom stereocenters. The van der Waals surface area contributed by atoms with E-state index in [2.05, 4.69) is 4.31 Å². The maximum absolute atomic E-state index is 9.39. The van der Waals surface area contributed by atoms with Crippen molar-refractivity contribution >= 4 is 16.5 Å². The molecule has 0 spiro atoms. The number of rotatable bonds is 3. The molecule has 0 aromatic carbocycles. The highest BCUT2D eigenvalue weighted by atomic mass is 31.2. The van der Waals surface area contributed by atoms with E-state index < -0.39 is 53.8 Å². The second-order valence-electron chi connectivity index (χ2n) is 3.36. The molecule has 1 aliphatic rings. The van der Waals surface area contributed by atoms with Gasteiger partial charge in [0, 0.05) is 9.13 Å². The molecular weight excluding hydrogens is 308 g/mol. The lowest BCUT2D eigenvalue weighted by atomic mass is 9.98. The minimum atomic E-state index is -2.92. The summed E-state index contributed by atoms with van der Waals surface area (Å²) in [6.45, 7) is -0.470. The van der Waals surface area contributed by atoms with Gasteiger partial charge in [-0.2, -0.15) is 0 Å². The van der Waals surface area contributed by atoms with Gasteiger partial charge in [-0.25, -0.2) is 0 Å². The third-order valence-electron chi connectivity index (χ3n) is 2.09. The molecule has 0 radical (unpaired) electrons. The molecule has 112 valence electrons. The van der Waals surface area contributed by atoms with E-state index in [9.17, 15) is 19.3 Å². The largest absolute Gasteiger partial charge is 0.745 e. The van der Waals surface area contributed by atoms with Crippen molar-refractivity contribution in [2.24, 2.45) is 5.73 Å². The zero-order valence-electron chi connectivity index (χ0n) is 9.38. The maximum Gasteiger partial charge on any atom is 0.745 e. The Balaban J connectivity index is 0.000000399. The van der Waals surface area contributed by atoms with E-state index in [0.717, 1.165) is 0 Å². The van der Waals surface area contributed by atoms with Crippen LogP contribution >= 0.6 is 16.5 Å². The predicted octanol–water partition coefficient (Wildman–Crippen LogP) is -2.95. The first-order chi connectivity index (χ1) is 8.70. The van der Waals surface area contributed by atoms with E-state index in [1.807, 2.05) is 0 Å². The molecule has 13 heteroatoms. The highest BCUT2D eigenvalue weighted by Gasteiger charge is 2.41. The first kappa shape index (κ1) is 18.8. The number of aliphatic hydroxyl groups is 4. The van der Waals surface area contributed by atoms with Crippen LogP contribution in [0.15, 0.2) is 0 Å². The van der Waals surface area contributed by atoms with Crippen LogP contribution in [0.4, 0.5) is 0 Å². The number of hydrogen-bond donors (Lipinski definition) is 7. The minimum Gasteiger partial charge on any atom is -0.394 e. The first-order valence-corrected chi connectivity index (χ1v) is 7.03. The van der Waals surface area contributed by atoms with Crippen LogP contribution in [0.25, 0.3) is 0 Å². The zero-order valence-corrected chi connectivity index (χ0v) is 11.2. The van der Waals surface area contributed by atoms with Crippen LogP contribution in [0.1, 0.15) is 0 Å². The summed E-state index contributed by atoms with van der Waals surface area (Å²) < 4.78 is 26.9. The summed E-state index contributed by atoms with van der Waals surface area (Å²) in [5, 5.41) is 36.1. The fraction of sp³-hybridized carbons (Fsp3) is 1.00. The van der Waals surface area contributed by atoms with E-state index in [4.69, 9.17) is 30.5 Å². The number of nitrogens with two attached hydrogens (primary N) is 1. The molecule has 0 aliphatic carbocycles. The third kappa shape index (κ3) is 6.70. The van der Waals surface area contributed by atoms with Crippen molar-refractivity contribution in [2.45, 2.75) is 30.6 Å². The second kappa shape index (κ2) is 8.90. The highest BCUT2D eigenvalue weighted by Crippen LogP contribution is 2.30. The first-order valence-electron chi connectivity index (χ1n) is 4.77. The summed E-state index contributed by atoms with van der Waals surface area (Å²) in [6.07, 6.45) is -4.85. The normalized spacial score (nSPS) is 36.1. The molecule has 1 heterocycles. The summed E-state index contributed by atoms with van der Waals surface area (Å²) in [5.41, 5.74) is 5.26. The Morgan fingerprint density at radius 3 is 1.89 bits per heavy atom. The minimum absolute atomic E-state index is 0.470. The van der Waals surface area contributed by atoms with Gasteiger partial charge >= 0.3 is 16.5 Å². The van der Waals surface area contributed by atoms with E-state index in [0.29, 0.717) is 0 Å². The Labute approximate surface area is 109 Å². The smallest absolute Gasteiger partial charge is 0.394 e. The molecule has 0 aromatic rings. The zero-order chi connectivity index (χ0) is 15.2. The molecule has 0 bridgehead atoms. The van der Waals surface area contributed by atoms with Gasteiger partial charge in [0.25, 0.3) is 0 Å². The highest BCUT2D eigenvalue weighted by molar-refractivity contribution is 7.46. The van der Waals surface area contributed by atoms with E-state index in [1.54, 1.807) is 0 Å². The van der Waals surface area contributed by atoms with Crippen molar-refractivity contribution in [2.75, 3.05) is 6.61 Å². The summed E-state index contributed by atoms with van der Waals surface area (Å²) in [7, 11) is -5.85. The monoisotopic (exact) mass is 323 g/mol. The quantitative estimate of drug-likeness (QED) is 0.262. The second-order valence-corrected chi connectivity index (χ2v) is 4.97. The summed E-state index contributed by atoms with van der Waals surface area (Å²) in [5.74, 6) is 0. The molecule has 1 rings (SSSR count). The molecule has 19 heavy (non-hydrogen) atoms. The lowest BCUT2D eigenvalue weighted by Gasteiger charge is -2.38. The van der Waals surface area contributed by atoms with Crippen molar-refractivity contribution in [1.29, 1.82) is 0 Å². The van der Waals surface area contributed by atoms with Gasteiger partial charge in [0.1, 0.15) is 18.3 Å². The maximum atomic E-state index is 9.39. The molecule has 0 aromatic heterocycles. The Morgan fingerprint density at radius 2 is 1.58 bits per heavy atom. The fourth-order valence-corrected chi connectivity index (χ4v) is 1.66.